The van der Waals surface area contributed by atoms with E-state index in [4.69, 9.17) is 4.74 Å². The first kappa shape index (κ1) is 23.9. The van der Waals surface area contributed by atoms with Crippen molar-refractivity contribution >= 4 is 21.6 Å². The van der Waals surface area contributed by atoms with Crippen molar-refractivity contribution in [2.24, 2.45) is 0 Å². The summed E-state index contributed by atoms with van der Waals surface area (Å²) in [4.78, 5) is 17.3. The van der Waals surface area contributed by atoms with Crippen LogP contribution in [0.25, 0.3) is 11.7 Å². The van der Waals surface area contributed by atoms with Crippen LogP contribution in [0.3, 0.4) is 0 Å². The third-order valence-electron chi connectivity index (χ3n) is 5.60. The van der Waals surface area contributed by atoms with Crippen LogP contribution in [-0.4, -0.2) is 17.8 Å². The summed E-state index contributed by atoms with van der Waals surface area (Å²) in [6.07, 6.45) is 3.43. The zero-order chi connectivity index (χ0) is 25.2. The molecule has 2 aromatic carbocycles. The molecule has 2 heterocycles. The average Bonchev–Trinajstić information content (AvgIpc) is 2.85. The second-order valence-electron chi connectivity index (χ2n) is 8.06. The molecule has 0 fully saturated rings. The number of aryl methyl sites for hydroxylation is 3. The van der Waals surface area contributed by atoms with Gasteiger partial charge in [-0.2, -0.15) is 10.2 Å². The number of aromatic nitrogens is 2. The molecule has 176 valence electrons. The summed E-state index contributed by atoms with van der Waals surface area (Å²) in [6.45, 7) is 5.67. The zero-order valence-corrected chi connectivity index (χ0v) is 20.3. The molecule has 35 heavy (non-hydrogen) atoms. The monoisotopic (exact) mass is 485 g/mol. The molecule has 0 bridgehead atoms. The molecule has 4 aromatic rings. The Morgan fingerprint density at radius 3 is 2.40 bits per heavy atom. The van der Waals surface area contributed by atoms with Crippen molar-refractivity contribution in [1.82, 2.24) is 9.38 Å². The lowest BCUT2D eigenvalue weighted by molar-refractivity contribution is 0.460. The SMILES string of the molecule is CCc1ccc(Oc2nc3c(C)cccn3c(=O)c2C=C(C#N)S(=O)(=O)c2ccc(C)cc2)cc1. The molecule has 0 radical (unpaired) electrons. The predicted molar refractivity (Wildman–Crippen MR) is 134 cm³/mol. The fourth-order valence-corrected chi connectivity index (χ4v) is 4.69. The van der Waals surface area contributed by atoms with Crippen molar-refractivity contribution in [3.63, 3.8) is 0 Å². The van der Waals surface area contributed by atoms with Gasteiger partial charge in [-0.05, 0) is 67.8 Å². The Labute approximate surface area is 203 Å². The van der Waals surface area contributed by atoms with Gasteiger partial charge in [0.1, 0.15) is 27.9 Å². The number of nitrogens with zero attached hydrogens (tertiary/aromatic N) is 3. The van der Waals surface area contributed by atoms with Crippen molar-refractivity contribution in [2.75, 3.05) is 0 Å². The van der Waals surface area contributed by atoms with Crippen LogP contribution in [0.5, 0.6) is 11.6 Å². The van der Waals surface area contributed by atoms with E-state index in [1.165, 1.54) is 22.7 Å². The third-order valence-corrected chi connectivity index (χ3v) is 7.28. The first-order chi connectivity index (χ1) is 16.7. The molecular weight excluding hydrogens is 462 g/mol. The quantitative estimate of drug-likeness (QED) is 0.356. The highest BCUT2D eigenvalue weighted by molar-refractivity contribution is 7.95. The van der Waals surface area contributed by atoms with Gasteiger partial charge < -0.3 is 4.74 Å². The van der Waals surface area contributed by atoms with Gasteiger partial charge in [0.2, 0.25) is 15.7 Å². The smallest absolute Gasteiger partial charge is 0.269 e. The Balaban J connectivity index is 1.93. The van der Waals surface area contributed by atoms with Crippen LogP contribution < -0.4 is 10.3 Å². The standard InChI is InChI=1S/C27H23N3O4S/c1-4-20-9-11-21(12-10-20)34-26-24(27(31)30-15-5-6-19(3)25(30)29-26)16-23(17-28)35(32,33)22-13-7-18(2)8-14-22/h5-16H,4H2,1-3H3. The van der Waals surface area contributed by atoms with E-state index >= 15 is 0 Å². The molecule has 0 spiro atoms. The van der Waals surface area contributed by atoms with Gasteiger partial charge in [-0.25, -0.2) is 8.42 Å². The number of allylic oxidation sites excluding steroid dienone is 1. The van der Waals surface area contributed by atoms with Crippen molar-refractivity contribution in [3.8, 4) is 17.7 Å². The molecule has 0 saturated heterocycles. The minimum atomic E-state index is -4.17. The molecule has 0 aliphatic carbocycles. The molecule has 0 aliphatic heterocycles. The summed E-state index contributed by atoms with van der Waals surface area (Å²) in [7, 11) is -4.17. The van der Waals surface area contributed by atoms with Crippen LogP contribution in [0.15, 0.2) is 81.5 Å². The number of hydrogen-bond acceptors (Lipinski definition) is 6. The van der Waals surface area contributed by atoms with E-state index in [9.17, 15) is 18.5 Å². The van der Waals surface area contributed by atoms with Crippen molar-refractivity contribution in [3.05, 3.63) is 104 Å². The first-order valence-corrected chi connectivity index (χ1v) is 12.4. The van der Waals surface area contributed by atoms with Gasteiger partial charge in [-0.15, -0.1) is 0 Å². The van der Waals surface area contributed by atoms with Gasteiger partial charge in [-0.3, -0.25) is 9.20 Å². The molecule has 0 N–H and O–H groups in total. The first-order valence-electron chi connectivity index (χ1n) is 11.0. The average molecular weight is 486 g/mol. The minimum Gasteiger partial charge on any atom is -0.438 e. The Bertz CT molecular complexity index is 1640. The summed E-state index contributed by atoms with van der Waals surface area (Å²) >= 11 is 0. The Morgan fingerprint density at radius 1 is 1.09 bits per heavy atom. The maximum atomic E-state index is 13.4. The third kappa shape index (κ3) is 4.72. The fourth-order valence-electron chi connectivity index (χ4n) is 3.54. The Hall–Kier alpha value is -4.22. The van der Waals surface area contributed by atoms with E-state index < -0.39 is 20.3 Å². The summed E-state index contributed by atoms with van der Waals surface area (Å²) in [5.74, 6) is 0.349. The largest absolute Gasteiger partial charge is 0.438 e. The topological polar surface area (TPSA) is 102 Å². The number of sulfone groups is 1. The second kappa shape index (κ2) is 9.57. The number of ether oxygens (including phenoxy) is 1. The maximum Gasteiger partial charge on any atom is 0.269 e. The van der Waals surface area contributed by atoms with E-state index in [1.54, 1.807) is 49.4 Å². The molecule has 0 amide bonds. The van der Waals surface area contributed by atoms with E-state index in [1.807, 2.05) is 26.0 Å². The Kier molecular flexibility index (Phi) is 6.54. The van der Waals surface area contributed by atoms with Gasteiger partial charge >= 0.3 is 0 Å². The molecule has 0 saturated carbocycles. The molecule has 2 aromatic heterocycles. The molecule has 0 aliphatic rings. The van der Waals surface area contributed by atoms with Crippen LogP contribution in [0.2, 0.25) is 0 Å². The van der Waals surface area contributed by atoms with Gasteiger partial charge in [-0.1, -0.05) is 42.8 Å². The fraction of sp³-hybridized carbons (Fsp3) is 0.148. The zero-order valence-electron chi connectivity index (χ0n) is 19.5. The highest BCUT2D eigenvalue weighted by Gasteiger charge is 2.24. The second-order valence-corrected chi connectivity index (χ2v) is 9.98. The van der Waals surface area contributed by atoms with E-state index in [0.29, 0.717) is 11.4 Å². The summed E-state index contributed by atoms with van der Waals surface area (Å²) < 4.78 is 33.6. The molecule has 8 heteroatoms. The number of benzene rings is 2. The van der Waals surface area contributed by atoms with Crippen LogP contribution >= 0.6 is 0 Å². The minimum absolute atomic E-state index is 0.0433. The molecule has 0 unspecified atom stereocenters. The highest BCUT2D eigenvalue weighted by Crippen LogP contribution is 2.27. The van der Waals surface area contributed by atoms with Crippen LogP contribution in [0.1, 0.15) is 29.2 Å². The lowest BCUT2D eigenvalue weighted by atomic mass is 10.2. The molecule has 4 rings (SSSR count). The van der Waals surface area contributed by atoms with E-state index in [-0.39, 0.29) is 16.3 Å². The molecule has 7 nitrogen and oxygen atoms in total. The van der Waals surface area contributed by atoms with Crippen LogP contribution in [0.4, 0.5) is 0 Å². The van der Waals surface area contributed by atoms with Crippen LogP contribution in [-0.2, 0) is 16.3 Å². The van der Waals surface area contributed by atoms with Crippen LogP contribution in [0, 0.1) is 25.2 Å². The summed E-state index contributed by atoms with van der Waals surface area (Å²) in [5.41, 5.74) is 2.40. The van der Waals surface area contributed by atoms with Crippen molar-refractivity contribution < 1.29 is 13.2 Å². The van der Waals surface area contributed by atoms with Gasteiger partial charge in [0.15, 0.2) is 0 Å². The van der Waals surface area contributed by atoms with Gasteiger partial charge in [0, 0.05) is 6.20 Å². The number of nitriles is 1. The predicted octanol–water partition coefficient (Wildman–Crippen LogP) is 5.00. The normalized spacial score (nSPS) is 11.9. The number of fused-ring (bicyclic) bond motifs is 1. The number of pyridine rings is 1. The number of rotatable bonds is 6. The maximum absolute atomic E-state index is 13.4. The molecular formula is C27H23N3O4S. The van der Waals surface area contributed by atoms with E-state index in [0.717, 1.165) is 29.2 Å². The highest BCUT2D eigenvalue weighted by atomic mass is 32.2. The lowest BCUT2D eigenvalue weighted by Gasteiger charge is -2.12. The lowest BCUT2D eigenvalue weighted by Crippen LogP contribution is -2.20. The Morgan fingerprint density at radius 2 is 1.77 bits per heavy atom. The summed E-state index contributed by atoms with van der Waals surface area (Å²) in [5, 5.41) is 9.76. The summed E-state index contributed by atoms with van der Waals surface area (Å²) in [6, 6.07) is 18.7. The van der Waals surface area contributed by atoms with Gasteiger partial charge in [0.05, 0.1) is 4.90 Å². The molecule has 0 atom stereocenters. The van der Waals surface area contributed by atoms with Gasteiger partial charge in [0.25, 0.3) is 5.56 Å². The van der Waals surface area contributed by atoms with Crippen molar-refractivity contribution in [2.45, 2.75) is 32.1 Å². The van der Waals surface area contributed by atoms with Crippen molar-refractivity contribution in [1.29, 1.82) is 5.26 Å². The van der Waals surface area contributed by atoms with E-state index in [2.05, 4.69) is 4.98 Å². The number of hydrogen-bond donors (Lipinski definition) is 0.